The van der Waals surface area contributed by atoms with Crippen molar-refractivity contribution in [2.24, 2.45) is 10.8 Å². The van der Waals surface area contributed by atoms with Gasteiger partial charge in [-0.05, 0) is 26.7 Å². The van der Waals surface area contributed by atoms with Crippen LogP contribution in [0, 0.1) is 10.8 Å². The van der Waals surface area contributed by atoms with Gasteiger partial charge in [-0.2, -0.15) is 0 Å². The van der Waals surface area contributed by atoms with E-state index in [-0.39, 0.29) is 5.41 Å². The Hall–Kier alpha value is -0.0800. The molecule has 0 aromatic carbocycles. The van der Waals surface area contributed by atoms with Gasteiger partial charge in [0.25, 0.3) is 0 Å². The van der Waals surface area contributed by atoms with Crippen LogP contribution in [0.3, 0.4) is 0 Å². The molecule has 2 heteroatoms. The van der Waals surface area contributed by atoms with Gasteiger partial charge >= 0.3 is 0 Å². The highest BCUT2D eigenvalue weighted by Crippen LogP contribution is 2.70. The normalized spacial score (nSPS) is 44.6. The van der Waals surface area contributed by atoms with Crippen molar-refractivity contribution >= 4 is 0 Å². The Morgan fingerprint density at radius 1 is 0.786 bits per heavy atom. The SMILES string of the molecule is CCC1(CC)C(C)(O)C(C)(C)C1(C)O. The second-order valence-electron chi connectivity index (χ2n) is 5.56. The molecule has 0 heterocycles. The third kappa shape index (κ3) is 0.809. The summed E-state index contributed by atoms with van der Waals surface area (Å²) in [5.74, 6) is 0. The van der Waals surface area contributed by atoms with E-state index in [4.69, 9.17) is 0 Å². The summed E-state index contributed by atoms with van der Waals surface area (Å²) < 4.78 is 0. The molecule has 0 aromatic rings. The first-order chi connectivity index (χ1) is 6.12. The van der Waals surface area contributed by atoms with E-state index in [2.05, 4.69) is 0 Å². The summed E-state index contributed by atoms with van der Waals surface area (Å²) in [6, 6.07) is 0. The minimum absolute atomic E-state index is 0.358. The second kappa shape index (κ2) is 2.73. The average molecular weight is 200 g/mol. The first kappa shape index (κ1) is 12.0. The van der Waals surface area contributed by atoms with Crippen molar-refractivity contribution in [3.8, 4) is 0 Å². The smallest absolute Gasteiger partial charge is 0.0781 e. The molecule has 1 fully saturated rings. The molecule has 2 nitrogen and oxygen atoms in total. The van der Waals surface area contributed by atoms with Crippen LogP contribution in [0.4, 0.5) is 0 Å². The summed E-state index contributed by atoms with van der Waals surface area (Å²) in [6.07, 6.45) is 1.62. The fourth-order valence-electron chi connectivity index (χ4n) is 3.71. The molecule has 1 saturated carbocycles. The van der Waals surface area contributed by atoms with Gasteiger partial charge in [-0.25, -0.2) is 0 Å². The zero-order valence-electron chi connectivity index (χ0n) is 10.3. The highest BCUT2D eigenvalue weighted by molar-refractivity contribution is 5.27. The lowest BCUT2D eigenvalue weighted by molar-refractivity contribution is -0.378. The first-order valence-corrected chi connectivity index (χ1v) is 5.57. The maximum absolute atomic E-state index is 10.5. The summed E-state index contributed by atoms with van der Waals surface area (Å²) >= 11 is 0. The van der Waals surface area contributed by atoms with E-state index in [9.17, 15) is 10.2 Å². The summed E-state index contributed by atoms with van der Waals surface area (Å²) in [7, 11) is 0. The van der Waals surface area contributed by atoms with Crippen LogP contribution in [0.1, 0.15) is 54.4 Å². The zero-order chi connectivity index (χ0) is 11.4. The molecule has 0 saturated heterocycles. The van der Waals surface area contributed by atoms with Crippen molar-refractivity contribution in [1.82, 2.24) is 0 Å². The van der Waals surface area contributed by atoms with Gasteiger partial charge in [0.2, 0.25) is 0 Å². The van der Waals surface area contributed by atoms with Crippen LogP contribution < -0.4 is 0 Å². The summed E-state index contributed by atoms with van der Waals surface area (Å²) in [5.41, 5.74) is -2.37. The maximum atomic E-state index is 10.5. The van der Waals surface area contributed by atoms with Gasteiger partial charge in [-0.15, -0.1) is 0 Å². The van der Waals surface area contributed by atoms with E-state index in [0.717, 1.165) is 12.8 Å². The van der Waals surface area contributed by atoms with E-state index >= 15 is 0 Å². The molecule has 0 radical (unpaired) electrons. The Balaban J connectivity index is 3.23. The Kier molecular flexibility index (Phi) is 2.34. The van der Waals surface area contributed by atoms with Crippen molar-refractivity contribution in [3.63, 3.8) is 0 Å². The fraction of sp³-hybridized carbons (Fsp3) is 1.00. The van der Waals surface area contributed by atoms with Gasteiger partial charge < -0.3 is 10.2 Å². The van der Waals surface area contributed by atoms with Crippen molar-refractivity contribution in [2.45, 2.75) is 65.6 Å². The molecule has 1 rings (SSSR count). The molecule has 2 atom stereocenters. The Morgan fingerprint density at radius 2 is 1.07 bits per heavy atom. The second-order valence-corrected chi connectivity index (χ2v) is 5.56. The van der Waals surface area contributed by atoms with Crippen LogP contribution in [0.2, 0.25) is 0 Å². The van der Waals surface area contributed by atoms with E-state index in [1.165, 1.54) is 0 Å². The quantitative estimate of drug-likeness (QED) is 0.718. The van der Waals surface area contributed by atoms with Crippen molar-refractivity contribution < 1.29 is 10.2 Å². The van der Waals surface area contributed by atoms with Crippen molar-refractivity contribution in [2.75, 3.05) is 0 Å². The summed E-state index contributed by atoms with van der Waals surface area (Å²) in [4.78, 5) is 0. The molecule has 1 aliphatic rings. The predicted octanol–water partition coefficient (Wildman–Crippen LogP) is 2.33. The predicted molar refractivity (Wildman–Crippen MR) is 58.0 cm³/mol. The molecule has 0 spiro atoms. The lowest BCUT2D eigenvalue weighted by Gasteiger charge is -2.74. The van der Waals surface area contributed by atoms with Crippen LogP contribution in [-0.2, 0) is 0 Å². The fourth-order valence-corrected chi connectivity index (χ4v) is 3.71. The topological polar surface area (TPSA) is 40.5 Å². The molecule has 0 amide bonds. The molecule has 84 valence electrons. The maximum Gasteiger partial charge on any atom is 0.0781 e. The number of hydrogen-bond acceptors (Lipinski definition) is 2. The molecule has 0 aromatic heterocycles. The lowest BCUT2D eigenvalue weighted by Crippen LogP contribution is -2.83. The highest BCUT2D eigenvalue weighted by atomic mass is 16.3. The zero-order valence-corrected chi connectivity index (χ0v) is 10.3. The summed E-state index contributed by atoms with van der Waals surface area (Å²) in [5, 5.41) is 21.1. The number of rotatable bonds is 2. The standard InChI is InChI=1S/C12H24O2/c1-7-12(8-2)10(5,13)9(3,4)11(12,6)14/h13-14H,7-8H2,1-6H3. The lowest BCUT2D eigenvalue weighted by atomic mass is 9.34. The summed E-state index contributed by atoms with van der Waals surface area (Å²) in [6.45, 7) is 11.7. The average Bonchev–Trinajstić information content (AvgIpc) is 2.05. The Labute approximate surface area is 87.3 Å². The molecule has 2 unspecified atom stereocenters. The number of aliphatic hydroxyl groups is 2. The molecule has 0 bridgehead atoms. The van der Waals surface area contributed by atoms with E-state index in [1.807, 2.05) is 41.5 Å². The molecular weight excluding hydrogens is 176 g/mol. The van der Waals surface area contributed by atoms with Gasteiger partial charge in [0.1, 0.15) is 0 Å². The van der Waals surface area contributed by atoms with Gasteiger partial charge in [-0.1, -0.05) is 27.7 Å². The highest BCUT2D eigenvalue weighted by Gasteiger charge is 2.78. The van der Waals surface area contributed by atoms with Crippen LogP contribution >= 0.6 is 0 Å². The monoisotopic (exact) mass is 200 g/mol. The Morgan fingerprint density at radius 3 is 1.21 bits per heavy atom. The first-order valence-electron chi connectivity index (χ1n) is 5.57. The van der Waals surface area contributed by atoms with Crippen LogP contribution in [0.25, 0.3) is 0 Å². The minimum Gasteiger partial charge on any atom is -0.389 e. The van der Waals surface area contributed by atoms with Gasteiger partial charge in [0.05, 0.1) is 11.2 Å². The molecule has 1 aliphatic carbocycles. The minimum atomic E-state index is -0.785. The Bertz CT molecular complexity index is 215. The van der Waals surface area contributed by atoms with E-state index in [0.29, 0.717) is 0 Å². The molecule has 0 aliphatic heterocycles. The van der Waals surface area contributed by atoms with E-state index in [1.54, 1.807) is 0 Å². The van der Waals surface area contributed by atoms with Crippen molar-refractivity contribution in [1.29, 1.82) is 0 Å². The van der Waals surface area contributed by atoms with Gasteiger partial charge in [-0.3, -0.25) is 0 Å². The van der Waals surface area contributed by atoms with Crippen LogP contribution in [0.5, 0.6) is 0 Å². The molecule has 2 N–H and O–H groups in total. The third-order valence-corrected chi connectivity index (χ3v) is 5.50. The third-order valence-electron chi connectivity index (χ3n) is 5.50. The molecular formula is C12H24O2. The van der Waals surface area contributed by atoms with Gasteiger partial charge in [0.15, 0.2) is 0 Å². The number of hydrogen-bond donors (Lipinski definition) is 2. The molecule has 14 heavy (non-hydrogen) atoms. The van der Waals surface area contributed by atoms with Crippen LogP contribution in [-0.4, -0.2) is 21.4 Å². The van der Waals surface area contributed by atoms with Gasteiger partial charge in [0, 0.05) is 10.8 Å². The van der Waals surface area contributed by atoms with E-state index < -0.39 is 16.6 Å². The van der Waals surface area contributed by atoms with Crippen LogP contribution in [0.15, 0.2) is 0 Å². The van der Waals surface area contributed by atoms with Crippen molar-refractivity contribution in [3.05, 3.63) is 0 Å². The largest absolute Gasteiger partial charge is 0.389 e.